The van der Waals surface area contributed by atoms with Gasteiger partial charge in [0.15, 0.2) is 0 Å². The number of hydrogen-bond donors (Lipinski definition) is 0. The summed E-state index contributed by atoms with van der Waals surface area (Å²) < 4.78 is 0. The Morgan fingerprint density at radius 2 is 0.338 bits per heavy atom. The zero-order valence-corrected chi connectivity index (χ0v) is 39.7. The van der Waals surface area contributed by atoms with Crippen LogP contribution in [0.2, 0.25) is 0 Å². The van der Waals surface area contributed by atoms with Crippen molar-refractivity contribution in [3.8, 4) is 0 Å². The topological polar surface area (TPSA) is 0 Å². The van der Waals surface area contributed by atoms with Crippen molar-refractivity contribution in [3.05, 3.63) is 252 Å². The van der Waals surface area contributed by atoms with Crippen molar-refractivity contribution < 1.29 is 0 Å². The van der Waals surface area contributed by atoms with Crippen LogP contribution < -0.4 is 0 Å². The molecule has 0 unspecified atom stereocenters. The molecule has 338 valence electrons. The van der Waals surface area contributed by atoms with Gasteiger partial charge in [-0.3, -0.25) is 0 Å². The summed E-state index contributed by atoms with van der Waals surface area (Å²) in [5.74, 6) is 0. The van der Waals surface area contributed by atoms with Crippen molar-refractivity contribution in [1.82, 2.24) is 0 Å². The lowest BCUT2D eigenvalue weighted by atomic mass is 9.24. The van der Waals surface area contributed by atoms with Crippen LogP contribution >= 0.6 is 0 Å². The molecule has 0 spiro atoms. The fraction of sp³-hybridized carbons (Fsp3) is 0.294. The highest BCUT2D eigenvalue weighted by molar-refractivity contribution is 5.58. The average molecular weight is 883 g/mol. The maximum Gasteiger partial charge on any atom is -0.00929 e. The van der Waals surface area contributed by atoms with E-state index in [-0.39, 0.29) is 43.3 Å². The van der Waals surface area contributed by atoms with Gasteiger partial charge in [-0.2, -0.15) is 0 Å². The molecule has 14 rings (SSSR count). The fourth-order valence-corrected chi connectivity index (χ4v) is 17.0. The van der Waals surface area contributed by atoms with Crippen molar-refractivity contribution in [1.29, 1.82) is 0 Å². The van der Waals surface area contributed by atoms with Crippen LogP contribution in [0.5, 0.6) is 0 Å². The summed E-state index contributed by atoms with van der Waals surface area (Å²) in [7, 11) is 0. The molecule has 0 amide bonds. The van der Waals surface area contributed by atoms with Crippen LogP contribution in [0.15, 0.2) is 218 Å². The van der Waals surface area contributed by atoms with Gasteiger partial charge < -0.3 is 0 Å². The SMILES string of the molecule is C(=C\C12CC3(/C=C/c4ccccc4)CC(/C=C/c4ccccc4)(C1)CC(C14CC5(/C=C/c6ccccc6)CC(/C=C/c6ccccc6)(CC(/C=C/c6ccccc6)(C5)C1)C4)(C2)C3)/c1ccccc1. The summed E-state index contributed by atoms with van der Waals surface area (Å²) in [5.41, 5.74) is 8.48. The number of hydrogen-bond acceptors (Lipinski definition) is 0. The molecule has 0 aliphatic heterocycles. The van der Waals surface area contributed by atoms with E-state index in [9.17, 15) is 0 Å². The first-order chi connectivity index (χ1) is 33.2. The first-order valence-corrected chi connectivity index (χ1v) is 25.7. The van der Waals surface area contributed by atoms with Crippen molar-refractivity contribution in [3.63, 3.8) is 0 Å². The summed E-state index contributed by atoms with van der Waals surface area (Å²) in [6.45, 7) is 0. The van der Waals surface area contributed by atoms with E-state index in [1.807, 2.05) is 0 Å². The first kappa shape index (κ1) is 43.1. The first-order valence-electron chi connectivity index (χ1n) is 25.7. The van der Waals surface area contributed by atoms with E-state index in [1.165, 1.54) is 110 Å². The summed E-state index contributed by atoms with van der Waals surface area (Å²) in [6.07, 6.45) is 46.5. The molecular formula is C68H66. The van der Waals surface area contributed by atoms with Gasteiger partial charge in [0.1, 0.15) is 0 Å². The standard InChI is InChI=1S/C68H66/c1-7-19-55(20-8-1)31-37-61-43-62(38-32-56-21-9-2-10-22-56)45-63(44-61,39-33-57-23-11-3-12-24-57)51-67(49-61,50-62)68-52-64(40-34-58-25-13-4-14-26-58)46-65(53-68,41-35-59-27-15-5-16-28-59)48-66(47-64,54-68)42-36-60-29-17-6-18-30-60/h1-42H,43-54H2/b37-31+,38-32+,39-33+,40-34+,41-35+,42-36+. The lowest BCUT2D eigenvalue weighted by molar-refractivity contribution is -0.269. The Bertz CT molecular complexity index is 2360. The van der Waals surface area contributed by atoms with Crippen molar-refractivity contribution >= 4 is 36.5 Å². The summed E-state index contributed by atoms with van der Waals surface area (Å²) in [6, 6.07) is 67.0. The molecule has 0 heteroatoms. The van der Waals surface area contributed by atoms with Crippen LogP contribution in [0.1, 0.15) is 110 Å². The zero-order chi connectivity index (χ0) is 45.6. The van der Waals surface area contributed by atoms with E-state index in [0.717, 1.165) is 0 Å². The smallest absolute Gasteiger partial charge is 0.00929 e. The monoisotopic (exact) mass is 883 g/mol. The van der Waals surface area contributed by atoms with E-state index in [2.05, 4.69) is 255 Å². The van der Waals surface area contributed by atoms with Gasteiger partial charge in [0.05, 0.1) is 0 Å². The van der Waals surface area contributed by atoms with E-state index in [0.29, 0.717) is 0 Å². The molecule has 0 heterocycles. The Morgan fingerprint density at radius 3 is 0.485 bits per heavy atom. The third-order valence-electron chi connectivity index (χ3n) is 18.1. The molecule has 0 nitrogen and oxygen atoms in total. The Labute approximate surface area is 406 Å². The minimum atomic E-state index is 0.0586. The van der Waals surface area contributed by atoms with Crippen LogP contribution in [0, 0.1) is 43.3 Å². The number of benzene rings is 6. The summed E-state index contributed by atoms with van der Waals surface area (Å²) >= 11 is 0. The fourth-order valence-electron chi connectivity index (χ4n) is 17.0. The highest BCUT2D eigenvalue weighted by atomic mass is 14.8. The molecule has 8 saturated carbocycles. The second-order valence-corrected chi connectivity index (χ2v) is 23.3. The highest BCUT2D eigenvalue weighted by Gasteiger charge is 2.76. The Kier molecular flexibility index (Phi) is 10.6. The maximum atomic E-state index is 2.76. The second-order valence-electron chi connectivity index (χ2n) is 23.3. The third-order valence-corrected chi connectivity index (χ3v) is 18.1. The predicted molar refractivity (Wildman–Crippen MR) is 288 cm³/mol. The molecular weight excluding hydrogens is 817 g/mol. The molecule has 0 N–H and O–H groups in total. The van der Waals surface area contributed by atoms with Gasteiger partial charge in [-0.1, -0.05) is 255 Å². The van der Waals surface area contributed by atoms with Gasteiger partial charge in [0.2, 0.25) is 0 Å². The van der Waals surface area contributed by atoms with Gasteiger partial charge >= 0.3 is 0 Å². The maximum absolute atomic E-state index is 2.76. The van der Waals surface area contributed by atoms with E-state index >= 15 is 0 Å². The van der Waals surface area contributed by atoms with E-state index in [1.54, 1.807) is 0 Å². The van der Waals surface area contributed by atoms with Crippen LogP contribution in [0.4, 0.5) is 0 Å². The van der Waals surface area contributed by atoms with E-state index < -0.39 is 0 Å². The molecule has 0 aromatic heterocycles. The van der Waals surface area contributed by atoms with Crippen LogP contribution in [0.25, 0.3) is 36.5 Å². The minimum absolute atomic E-state index is 0.0586. The van der Waals surface area contributed by atoms with Crippen LogP contribution in [-0.4, -0.2) is 0 Å². The molecule has 8 bridgehead atoms. The minimum Gasteiger partial charge on any atom is -0.0776 e. The van der Waals surface area contributed by atoms with Crippen LogP contribution in [0.3, 0.4) is 0 Å². The third kappa shape index (κ3) is 8.19. The predicted octanol–water partition coefficient (Wildman–Crippen LogP) is 17.9. The molecule has 0 saturated heterocycles. The molecule has 0 atom stereocenters. The normalized spacial score (nSPS) is 34.8. The van der Waals surface area contributed by atoms with Crippen LogP contribution in [-0.2, 0) is 0 Å². The number of rotatable bonds is 13. The Morgan fingerprint density at radius 1 is 0.191 bits per heavy atom. The van der Waals surface area contributed by atoms with Crippen molar-refractivity contribution in [2.75, 3.05) is 0 Å². The largest absolute Gasteiger partial charge is 0.0776 e. The lowest BCUT2D eigenvalue weighted by Crippen LogP contribution is -2.70. The van der Waals surface area contributed by atoms with Gasteiger partial charge in [-0.25, -0.2) is 0 Å². The van der Waals surface area contributed by atoms with Gasteiger partial charge in [-0.15, -0.1) is 0 Å². The zero-order valence-electron chi connectivity index (χ0n) is 39.7. The lowest BCUT2D eigenvalue weighted by Gasteiger charge is -2.79. The average Bonchev–Trinajstić information content (AvgIpc) is 3.36. The second kappa shape index (κ2) is 16.8. The van der Waals surface area contributed by atoms with Gasteiger partial charge in [0.25, 0.3) is 0 Å². The van der Waals surface area contributed by atoms with Gasteiger partial charge in [-0.05, 0) is 154 Å². The molecule has 8 aliphatic carbocycles. The summed E-state index contributed by atoms with van der Waals surface area (Å²) in [4.78, 5) is 0. The molecule has 8 aliphatic rings. The number of allylic oxidation sites excluding steroid dienone is 6. The molecule has 0 radical (unpaired) electrons. The van der Waals surface area contributed by atoms with Crippen molar-refractivity contribution in [2.45, 2.75) is 77.0 Å². The quantitative estimate of drug-likeness (QED) is 0.108. The van der Waals surface area contributed by atoms with E-state index in [4.69, 9.17) is 0 Å². The molecule has 6 aromatic rings. The molecule has 6 aromatic carbocycles. The Balaban J connectivity index is 1.08. The highest BCUT2D eigenvalue weighted by Crippen LogP contribution is 2.86. The molecule has 68 heavy (non-hydrogen) atoms. The van der Waals surface area contributed by atoms with Gasteiger partial charge in [0, 0.05) is 0 Å². The van der Waals surface area contributed by atoms with Crippen molar-refractivity contribution in [2.24, 2.45) is 43.3 Å². The molecule has 8 fully saturated rings. The summed E-state index contributed by atoms with van der Waals surface area (Å²) in [5, 5.41) is 0. The Hall–Kier alpha value is -6.24.